The van der Waals surface area contributed by atoms with Gasteiger partial charge in [0.1, 0.15) is 0 Å². The Bertz CT molecular complexity index is 1030. The summed E-state index contributed by atoms with van der Waals surface area (Å²) in [5, 5.41) is 10.5. The van der Waals surface area contributed by atoms with E-state index in [0.29, 0.717) is 12.3 Å². The summed E-state index contributed by atoms with van der Waals surface area (Å²) in [6.45, 7) is 6.54. The zero-order valence-electron chi connectivity index (χ0n) is 16.7. The number of aromatic nitrogens is 2. The molecule has 2 aromatic carbocycles. The van der Waals surface area contributed by atoms with Gasteiger partial charge >= 0.3 is 6.03 Å². The highest BCUT2D eigenvalue weighted by Gasteiger charge is 2.18. The van der Waals surface area contributed by atoms with Crippen LogP contribution in [0.25, 0.3) is 5.69 Å². The first kappa shape index (κ1) is 18.9. The number of ether oxygens (including phenoxy) is 2. The Kier molecular flexibility index (Phi) is 5.12. The Morgan fingerprint density at radius 3 is 2.69 bits per heavy atom. The maximum absolute atomic E-state index is 12.4. The van der Waals surface area contributed by atoms with Crippen molar-refractivity contribution >= 4 is 6.03 Å². The molecule has 1 aromatic heterocycles. The van der Waals surface area contributed by atoms with Crippen molar-refractivity contribution in [3.8, 4) is 17.2 Å². The van der Waals surface area contributed by atoms with E-state index in [2.05, 4.69) is 15.7 Å². The molecule has 0 saturated heterocycles. The topological polar surface area (TPSA) is 77.4 Å². The number of urea groups is 1. The van der Waals surface area contributed by atoms with Crippen molar-refractivity contribution in [1.29, 1.82) is 0 Å². The minimum Gasteiger partial charge on any atom is -0.454 e. The quantitative estimate of drug-likeness (QED) is 0.693. The lowest BCUT2D eigenvalue weighted by atomic mass is 10.1. The van der Waals surface area contributed by atoms with Crippen molar-refractivity contribution in [2.24, 2.45) is 0 Å². The fourth-order valence-corrected chi connectivity index (χ4v) is 3.43. The summed E-state index contributed by atoms with van der Waals surface area (Å²) in [7, 11) is 0. The average molecular weight is 392 g/mol. The van der Waals surface area contributed by atoms with E-state index < -0.39 is 0 Å². The summed E-state index contributed by atoms with van der Waals surface area (Å²) < 4.78 is 12.6. The van der Waals surface area contributed by atoms with Crippen LogP contribution in [0, 0.1) is 13.8 Å². The van der Waals surface area contributed by atoms with Crippen molar-refractivity contribution in [2.45, 2.75) is 33.4 Å². The van der Waals surface area contributed by atoms with E-state index in [1.165, 1.54) is 0 Å². The number of benzene rings is 2. The molecule has 0 bridgehead atoms. The first-order valence-corrected chi connectivity index (χ1v) is 9.57. The minimum absolute atomic E-state index is 0.168. The van der Waals surface area contributed by atoms with Gasteiger partial charge < -0.3 is 20.1 Å². The lowest BCUT2D eigenvalue weighted by Gasteiger charge is -2.15. The molecule has 1 aliphatic heterocycles. The van der Waals surface area contributed by atoms with Crippen molar-refractivity contribution in [3.05, 3.63) is 71.0 Å². The fraction of sp³-hybridized carbons (Fsp3) is 0.273. The van der Waals surface area contributed by atoms with Crippen LogP contribution in [-0.2, 0) is 6.54 Å². The van der Waals surface area contributed by atoms with E-state index in [1.807, 2.05) is 74.0 Å². The smallest absolute Gasteiger partial charge is 0.315 e. The molecule has 2 heterocycles. The van der Waals surface area contributed by atoms with Crippen molar-refractivity contribution in [2.75, 3.05) is 6.79 Å². The van der Waals surface area contributed by atoms with Crippen molar-refractivity contribution in [1.82, 2.24) is 20.4 Å². The molecule has 0 aliphatic carbocycles. The Labute approximate surface area is 169 Å². The number of nitrogens with one attached hydrogen (secondary N) is 2. The largest absolute Gasteiger partial charge is 0.454 e. The molecular weight excluding hydrogens is 368 g/mol. The van der Waals surface area contributed by atoms with Crippen LogP contribution in [0.2, 0.25) is 0 Å². The zero-order valence-corrected chi connectivity index (χ0v) is 16.7. The standard InChI is InChI=1S/C22H24N4O3/c1-14(17-9-10-20-21(11-17)29-13-28-20)24-22(27)23-12-19-15(2)25-26(16(19)3)18-7-5-4-6-8-18/h4-11,14H,12-13H2,1-3H3,(H2,23,24,27). The van der Waals surface area contributed by atoms with Gasteiger partial charge in [0, 0.05) is 17.8 Å². The van der Waals surface area contributed by atoms with Crippen LogP contribution in [0.4, 0.5) is 4.79 Å². The van der Waals surface area contributed by atoms with Gasteiger partial charge in [-0.25, -0.2) is 9.48 Å². The number of amides is 2. The third-order valence-electron chi connectivity index (χ3n) is 5.11. The number of carbonyl (C=O) groups is 1. The molecule has 3 aromatic rings. The average Bonchev–Trinajstić information content (AvgIpc) is 3.30. The summed E-state index contributed by atoms with van der Waals surface area (Å²) in [4.78, 5) is 12.4. The lowest BCUT2D eigenvalue weighted by molar-refractivity contribution is 0.174. The van der Waals surface area contributed by atoms with Gasteiger partial charge in [-0.05, 0) is 50.6 Å². The molecule has 1 unspecified atom stereocenters. The number of hydrogen-bond acceptors (Lipinski definition) is 4. The maximum atomic E-state index is 12.4. The van der Waals surface area contributed by atoms with Gasteiger partial charge in [-0.2, -0.15) is 5.10 Å². The molecule has 1 aliphatic rings. The van der Waals surface area contributed by atoms with Crippen molar-refractivity contribution in [3.63, 3.8) is 0 Å². The number of hydrogen-bond donors (Lipinski definition) is 2. The Morgan fingerprint density at radius 2 is 1.90 bits per heavy atom. The van der Waals surface area contributed by atoms with Crippen LogP contribution in [0.15, 0.2) is 48.5 Å². The van der Waals surface area contributed by atoms with Crippen LogP contribution in [0.5, 0.6) is 11.5 Å². The predicted molar refractivity (Wildman–Crippen MR) is 109 cm³/mol. The van der Waals surface area contributed by atoms with E-state index in [0.717, 1.165) is 34.0 Å². The summed E-state index contributed by atoms with van der Waals surface area (Å²) in [5.74, 6) is 1.43. The normalized spacial score (nSPS) is 13.2. The number of nitrogens with zero attached hydrogens (tertiary/aromatic N) is 2. The number of para-hydroxylation sites is 1. The fourth-order valence-electron chi connectivity index (χ4n) is 3.43. The van der Waals surface area contributed by atoms with E-state index >= 15 is 0 Å². The van der Waals surface area contributed by atoms with Gasteiger partial charge in [0.25, 0.3) is 0 Å². The minimum atomic E-state index is -0.235. The SMILES string of the molecule is Cc1nn(-c2ccccc2)c(C)c1CNC(=O)NC(C)c1ccc2c(c1)OCO2. The molecule has 0 fully saturated rings. The second-order valence-corrected chi connectivity index (χ2v) is 7.06. The zero-order chi connectivity index (χ0) is 20.4. The van der Waals surface area contributed by atoms with E-state index in [9.17, 15) is 4.79 Å². The molecular formula is C22H24N4O3. The monoisotopic (exact) mass is 392 g/mol. The third-order valence-corrected chi connectivity index (χ3v) is 5.11. The van der Waals surface area contributed by atoms with E-state index in [4.69, 9.17) is 9.47 Å². The van der Waals surface area contributed by atoms with Gasteiger partial charge in [-0.1, -0.05) is 24.3 Å². The van der Waals surface area contributed by atoms with Gasteiger partial charge in [0.15, 0.2) is 11.5 Å². The highest BCUT2D eigenvalue weighted by Crippen LogP contribution is 2.34. The summed E-state index contributed by atoms with van der Waals surface area (Å²) in [5.41, 5.74) is 4.88. The molecule has 0 saturated carbocycles. The number of fused-ring (bicyclic) bond motifs is 1. The molecule has 4 rings (SSSR count). The molecule has 7 heteroatoms. The van der Waals surface area contributed by atoms with Crippen LogP contribution < -0.4 is 20.1 Å². The lowest BCUT2D eigenvalue weighted by Crippen LogP contribution is -2.36. The first-order valence-electron chi connectivity index (χ1n) is 9.57. The summed E-state index contributed by atoms with van der Waals surface area (Å²) in [6.07, 6.45) is 0. The molecule has 2 N–H and O–H groups in total. The van der Waals surface area contributed by atoms with Crippen molar-refractivity contribution < 1.29 is 14.3 Å². The van der Waals surface area contributed by atoms with Crippen LogP contribution in [0.3, 0.4) is 0 Å². The van der Waals surface area contributed by atoms with Crippen LogP contribution >= 0.6 is 0 Å². The first-order chi connectivity index (χ1) is 14.0. The second kappa shape index (κ2) is 7.87. The second-order valence-electron chi connectivity index (χ2n) is 7.06. The van der Waals surface area contributed by atoms with E-state index in [1.54, 1.807) is 0 Å². The highest BCUT2D eigenvalue weighted by molar-refractivity contribution is 5.74. The Balaban J connectivity index is 1.39. The third kappa shape index (κ3) is 3.89. The molecule has 1 atom stereocenters. The van der Waals surface area contributed by atoms with Crippen LogP contribution in [0.1, 0.15) is 35.5 Å². The van der Waals surface area contributed by atoms with Gasteiger partial charge in [-0.15, -0.1) is 0 Å². The van der Waals surface area contributed by atoms with Crippen LogP contribution in [-0.4, -0.2) is 22.6 Å². The molecule has 0 radical (unpaired) electrons. The maximum Gasteiger partial charge on any atom is 0.315 e. The molecule has 29 heavy (non-hydrogen) atoms. The van der Waals surface area contributed by atoms with Gasteiger partial charge in [-0.3, -0.25) is 0 Å². The summed E-state index contributed by atoms with van der Waals surface area (Å²) in [6, 6.07) is 15.2. The number of carbonyl (C=O) groups excluding carboxylic acids is 1. The highest BCUT2D eigenvalue weighted by atomic mass is 16.7. The van der Waals surface area contributed by atoms with Gasteiger partial charge in [0.05, 0.1) is 17.4 Å². The Hall–Kier alpha value is -3.48. The molecule has 150 valence electrons. The molecule has 7 nitrogen and oxygen atoms in total. The number of rotatable bonds is 5. The van der Waals surface area contributed by atoms with E-state index in [-0.39, 0.29) is 18.9 Å². The Morgan fingerprint density at radius 1 is 1.14 bits per heavy atom. The molecule has 2 amide bonds. The summed E-state index contributed by atoms with van der Waals surface area (Å²) >= 11 is 0. The van der Waals surface area contributed by atoms with Gasteiger partial charge in [0.2, 0.25) is 6.79 Å². The number of aryl methyl sites for hydroxylation is 1. The predicted octanol–water partition coefficient (Wildman–Crippen LogP) is 3.78. The molecule has 0 spiro atoms.